The molecule has 5 rings (SSSR count). The standard InChI is InChI=1S/C24H28N6O2/c31-22-16-30(15-19(22)14-18-6-9-25-21-5-2-1-4-20(18)21)23(32)17-28-10-12-29(13-11-28)24-26-7-3-8-27-24/h1-9,19,22,31H,10-17H2/t19-,22+/m1/s1. The second-order valence-electron chi connectivity index (χ2n) is 8.63. The lowest BCUT2D eigenvalue weighted by Crippen LogP contribution is -2.50. The molecule has 3 aromatic rings. The number of β-amino-alcohol motifs (C(OH)–C–C–N with tert-alkyl or cyclic N) is 1. The number of hydrogen-bond donors (Lipinski definition) is 1. The number of fused-ring (bicyclic) bond motifs is 1. The van der Waals surface area contributed by atoms with Crippen LogP contribution in [0.1, 0.15) is 5.56 Å². The van der Waals surface area contributed by atoms with E-state index in [0.29, 0.717) is 19.6 Å². The highest BCUT2D eigenvalue weighted by Crippen LogP contribution is 2.25. The monoisotopic (exact) mass is 432 g/mol. The maximum atomic E-state index is 12.9. The molecule has 8 heteroatoms. The molecule has 0 spiro atoms. The van der Waals surface area contributed by atoms with Crippen molar-refractivity contribution in [3.05, 3.63) is 60.6 Å². The fraction of sp³-hybridized carbons (Fsp3) is 0.417. The minimum atomic E-state index is -0.502. The molecule has 2 saturated heterocycles. The fourth-order valence-corrected chi connectivity index (χ4v) is 4.73. The number of anilines is 1. The van der Waals surface area contributed by atoms with E-state index in [2.05, 4.69) is 30.8 Å². The van der Waals surface area contributed by atoms with Gasteiger partial charge in [0.1, 0.15) is 0 Å². The van der Waals surface area contributed by atoms with Crippen LogP contribution in [-0.2, 0) is 11.2 Å². The zero-order valence-corrected chi connectivity index (χ0v) is 18.0. The van der Waals surface area contributed by atoms with Crippen molar-refractivity contribution in [1.82, 2.24) is 24.8 Å². The molecule has 2 atom stereocenters. The molecule has 0 radical (unpaired) electrons. The molecule has 2 aliphatic heterocycles. The molecular formula is C24H28N6O2. The second kappa shape index (κ2) is 9.18. The van der Waals surface area contributed by atoms with Crippen molar-refractivity contribution in [2.75, 3.05) is 50.7 Å². The summed E-state index contributed by atoms with van der Waals surface area (Å²) in [6.45, 7) is 4.59. The molecule has 0 unspecified atom stereocenters. The first kappa shape index (κ1) is 20.8. The van der Waals surface area contributed by atoms with Gasteiger partial charge in [-0.1, -0.05) is 18.2 Å². The third-order valence-corrected chi connectivity index (χ3v) is 6.55. The van der Waals surface area contributed by atoms with Gasteiger partial charge >= 0.3 is 0 Å². The van der Waals surface area contributed by atoms with Crippen molar-refractivity contribution in [3.8, 4) is 0 Å². The highest BCUT2D eigenvalue weighted by atomic mass is 16.3. The van der Waals surface area contributed by atoms with Gasteiger partial charge in [-0.05, 0) is 30.2 Å². The Morgan fingerprint density at radius 1 is 0.938 bits per heavy atom. The van der Waals surface area contributed by atoms with Gasteiger partial charge in [-0.3, -0.25) is 14.7 Å². The van der Waals surface area contributed by atoms with E-state index in [1.165, 1.54) is 5.56 Å². The van der Waals surface area contributed by atoms with Crippen molar-refractivity contribution >= 4 is 22.8 Å². The van der Waals surface area contributed by atoms with Gasteiger partial charge in [-0.2, -0.15) is 0 Å². The third kappa shape index (κ3) is 4.42. The number of hydrogen-bond acceptors (Lipinski definition) is 7. The van der Waals surface area contributed by atoms with Crippen molar-refractivity contribution in [1.29, 1.82) is 0 Å². The summed E-state index contributed by atoms with van der Waals surface area (Å²) in [4.78, 5) is 32.1. The Bertz CT molecular complexity index is 1070. The van der Waals surface area contributed by atoms with E-state index in [4.69, 9.17) is 0 Å². The molecule has 1 aromatic carbocycles. The van der Waals surface area contributed by atoms with Crippen molar-refractivity contribution < 1.29 is 9.90 Å². The van der Waals surface area contributed by atoms with E-state index in [1.807, 2.05) is 41.4 Å². The van der Waals surface area contributed by atoms with Gasteiger partial charge in [0.2, 0.25) is 11.9 Å². The second-order valence-corrected chi connectivity index (χ2v) is 8.63. The van der Waals surface area contributed by atoms with E-state index in [1.54, 1.807) is 12.4 Å². The Balaban J connectivity index is 1.16. The molecule has 0 aliphatic carbocycles. The van der Waals surface area contributed by atoms with E-state index >= 15 is 0 Å². The normalized spacial score (nSPS) is 21.9. The minimum Gasteiger partial charge on any atom is -0.391 e. The van der Waals surface area contributed by atoms with E-state index < -0.39 is 6.10 Å². The molecule has 2 fully saturated rings. The average Bonchev–Trinajstić information content (AvgIpc) is 3.21. The molecule has 1 N–H and O–H groups in total. The zero-order valence-electron chi connectivity index (χ0n) is 18.0. The van der Waals surface area contributed by atoms with Gasteiger partial charge in [-0.15, -0.1) is 0 Å². The quantitative estimate of drug-likeness (QED) is 0.649. The summed E-state index contributed by atoms with van der Waals surface area (Å²) in [5.41, 5.74) is 2.14. The van der Waals surface area contributed by atoms with Crippen LogP contribution < -0.4 is 4.90 Å². The van der Waals surface area contributed by atoms with Crippen LogP contribution in [0, 0.1) is 5.92 Å². The predicted molar refractivity (Wildman–Crippen MR) is 122 cm³/mol. The average molecular weight is 433 g/mol. The Morgan fingerprint density at radius 2 is 1.72 bits per heavy atom. The number of aliphatic hydroxyl groups excluding tert-OH is 1. The molecule has 2 aromatic heterocycles. The first-order chi connectivity index (χ1) is 15.7. The summed E-state index contributed by atoms with van der Waals surface area (Å²) in [5, 5.41) is 11.8. The first-order valence-electron chi connectivity index (χ1n) is 11.2. The van der Waals surface area contributed by atoms with Crippen molar-refractivity contribution in [2.45, 2.75) is 12.5 Å². The lowest BCUT2D eigenvalue weighted by atomic mass is 9.94. The largest absolute Gasteiger partial charge is 0.391 e. The van der Waals surface area contributed by atoms with Crippen LogP contribution in [0.3, 0.4) is 0 Å². The molecular weight excluding hydrogens is 404 g/mol. The fourth-order valence-electron chi connectivity index (χ4n) is 4.73. The number of carbonyl (C=O) groups excluding carboxylic acids is 1. The van der Waals surface area contributed by atoms with Gasteiger partial charge in [0, 0.05) is 69.2 Å². The Kier molecular flexibility index (Phi) is 5.96. The lowest BCUT2D eigenvalue weighted by molar-refractivity contribution is -0.131. The summed E-state index contributed by atoms with van der Waals surface area (Å²) in [6, 6.07) is 11.9. The van der Waals surface area contributed by atoms with Gasteiger partial charge in [0.25, 0.3) is 0 Å². The van der Waals surface area contributed by atoms with Gasteiger partial charge < -0.3 is 14.9 Å². The Labute approximate surface area is 187 Å². The van der Waals surface area contributed by atoms with Gasteiger partial charge in [0.05, 0.1) is 18.2 Å². The molecule has 32 heavy (non-hydrogen) atoms. The highest BCUT2D eigenvalue weighted by molar-refractivity contribution is 5.82. The van der Waals surface area contributed by atoms with Crippen LogP contribution >= 0.6 is 0 Å². The van der Waals surface area contributed by atoms with Crippen LogP contribution in [0.4, 0.5) is 5.95 Å². The summed E-state index contributed by atoms with van der Waals surface area (Å²) >= 11 is 0. The summed E-state index contributed by atoms with van der Waals surface area (Å²) in [6.07, 6.45) is 5.56. The maximum Gasteiger partial charge on any atom is 0.236 e. The molecule has 166 valence electrons. The summed E-state index contributed by atoms with van der Waals surface area (Å²) < 4.78 is 0. The lowest BCUT2D eigenvalue weighted by Gasteiger charge is -2.34. The number of nitrogens with zero attached hydrogens (tertiary/aromatic N) is 6. The number of benzene rings is 1. The Hall–Kier alpha value is -3.10. The number of rotatable bonds is 5. The number of carbonyl (C=O) groups is 1. The smallest absolute Gasteiger partial charge is 0.236 e. The summed E-state index contributed by atoms with van der Waals surface area (Å²) in [7, 11) is 0. The van der Waals surface area contributed by atoms with E-state index in [9.17, 15) is 9.90 Å². The number of para-hydroxylation sites is 1. The molecule has 4 heterocycles. The minimum absolute atomic E-state index is 0.0387. The van der Waals surface area contributed by atoms with Crippen LogP contribution in [0.2, 0.25) is 0 Å². The van der Waals surface area contributed by atoms with Crippen molar-refractivity contribution in [3.63, 3.8) is 0 Å². The molecule has 8 nitrogen and oxygen atoms in total. The predicted octanol–water partition coefficient (Wildman–Crippen LogP) is 1.21. The van der Waals surface area contributed by atoms with E-state index in [-0.39, 0.29) is 11.8 Å². The number of likely N-dealkylation sites (tertiary alicyclic amines) is 1. The summed E-state index contributed by atoms with van der Waals surface area (Å²) in [5.74, 6) is 0.875. The molecule has 0 bridgehead atoms. The highest BCUT2D eigenvalue weighted by Gasteiger charge is 2.35. The van der Waals surface area contributed by atoms with Crippen molar-refractivity contribution in [2.24, 2.45) is 5.92 Å². The SMILES string of the molecule is O=C(CN1CCN(c2ncccn2)CC1)N1C[C@@H](Cc2ccnc3ccccc23)[C@@H](O)C1. The third-order valence-electron chi connectivity index (χ3n) is 6.55. The molecule has 0 saturated carbocycles. The first-order valence-corrected chi connectivity index (χ1v) is 11.2. The van der Waals surface area contributed by atoms with Gasteiger partial charge in [0.15, 0.2) is 0 Å². The van der Waals surface area contributed by atoms with Gasteiger partial charge in [-0.25, -0.2) is 9.97 Å². The number of pyridine rings is 1. The Morgan fingerprint density at radius 3 is 2.53 bits per heavy atom. The number of amides is 1. The van der Waals surface area contributed by atoms with Crippen LogP contribution in [0.25, 0.3) is 10.9 Å². The van der Waals surface area contributed by atoms with E-state index in [0.717, 1.165) is 49.5 Å². The molecule has 1 amide bonds. The number of aliphatic hydroxyl groups is 1. The van der Waals surface area contributed by atoms with Crippen LogP contribution in [0.5, 0.6) is 0 Å². The number of piperazine rings is 1. The number of aromatic nitrogens is 3. The zero-order chi connectivity index (χ0) is 21.9. The molecule has 2 aliphatic rings. The maximum absolute atomic E-state index is 12.9. The topological polar surface area (TPSA) is 85.7 Å². The van der Waals surface area contributed by atoms with Crippen LogP contribution in [-0.4, -0.2) is 87.7 Å². The van der Waals surface area contributed by atoms with Crippen LogP contribution in [0.15, 0.2) is 55.0 Å².